The molecule has 1 aromatic heterocycles. The third-order valence-corrected chi connectivity index (χ3v) is 5.73. The molecule has 0 spiro atoms. The highest BCUT2D eigenvalue weighted by Gasteiger charge is 2.47. The minimum atomic E-state index is -0.899. The second-order valence-electron chi connectivity index (χ2n) is 7.48. The zero-order chi connectivity index (χ0) is 23.7. The Hall–Kier alpha value is -3.84. The van der Waals surface area contributed by atoms with Crippen LogP contribution < -0.4 is 14.4 Å². The number of anilines is 1. The topological polar surface area (TPSA) is 89.0 Å². The Kier molecular flexibility index (Phi) is 6.07. The first kappa shape index (κ1) is 22.4. The van der Waals surface area contributed by atoms with Gasteiger partial charge >= 0.3 is 0 Å². The Morgan fingerprint density at radius 1 is 1.06 bits per heavy atom. The van der Waals surface area contributed by atoms with E-state index in [9.17, 15) is 14.7 Å². The largest absolute Gasteiger partial charge is 0.507 e. The van der Waals surface area contributed by atoms with Crippen LogP contribution in [0.5, 0.6) is 11.5 Å². The Bertz CT molecular complexity index is 1270. The van der Waals surface area contributed by atoms with E-state index >= 15 is 0 Å². The monoisotopic (exact) mass is 464 g/mol. The molecule has 168 valence electrons. The van der Waals surface area contributed by atoms with E-state index in [4.69, 9.17) is 21.1 Å². The molecule has 4 rings (SSSR count). The van der Waals surface area contributed by atoms with E-state index in [0.717, 1.165) is 5.56 Å². The van der Waals surface area contributed by atoms with Gasteiger partial charge in [0, 0.05) is 24.1 Å². The van der Waals surface area contributed by atoms with Crippen LogP contribution in [-0.4, -0.2) is 36.0 Å². The SMILES string of the molecule is COc1cccc(N2C(=O)C(=O)/C(=C(/O)c3cc(C)cc(Cl)c3OC)C2c2ccncc2)c1. The molecule has 1 aliphatic rings. The highest BCUT2D eigenvalue weighted by atomic mass is 35.5. The maximum Gasteiger partial charge on any atom is 0.300 e. The molecule has 1 N–H and O–H groups in total. The second-order valence-corrected chi connectivity index (χ2v) is 7.89. The van der Waals surface area contributed by atoms with Crippen molar-refractivity contribution < 1.29 is 24.2 Å². The number of aliphatic hydroxyl groups is 1. The van der Waals surface area contributed by atoms with Crippen LogP contribution in [0.25, 0.3) is 5.76 Å². The van der Waals surface area contributed by atoms with Crippen molar-refractivity contribution in [1.82, 2.24) is 4.98 Å². The molecular formula is C25H21ClN2O5. The average molecular weight is 465 g/mol. The van der Waals surface area contributed by atoms with Gasteiger partial charge in [0.15, 0.2) is 0 Å². The van der Waals surface area contributed by atoms with Crippen LogP contribution in [0.2, 0.25) is 5.02 Å². The van der Waals surface area contributed by atoms with E-state index in [1.54, 1.807) is 67.8 Å². The van der Waals surface area contributed by atoms with Crippen molar-refractivity contribution in [2.45, 2.75) is 13.0 Å². The van der Waals surface area contributed by atoms with Crippen LogP contribution >= 0.6 is 11.6 Å². The summed E-state index contributed by atoms with van der Waals surface area (Å²) >= 11 is 6.32. The number of amides is 1. The third-order valence-electron chi connectivity index (χ3n) is 5.44. The van der Waals surface area contributed by atoms with Crippen LogP contribution in [-0.2, 0) is 9.59 Å². The number of ketones is 1. The van der Waals surface area contributed by atoms with Crippen molar-refractivity contribution in [3.8, 4) is 11.5 Å². The number of aliphatic hydroxyl groups excluding tert-OH is 1. The van der Waals surface area contributed by atoms with Gasteiger partial charge < -0.3 is 14.6 Å². The first-order chi connectivity index (χ1) is 15.9. The van der Waals surface area contributed by atoms with Gasteiger partial charge in [-0.25, -0.2) is 0 Å². The van der Waals surface area contributed by atoms with Crippen molar-refractivity contribution in [2.24, 2.45) is 0 Å². The molecule has 1 saturated heterocycles. The number of halogens is 1. The molecule has 0 aliphatic carbocycles. The summed E-state index contributed by atoms with van der Waals surface area (Å²) in [5.74, 6) is -1.24. The predicted octanol–water partition coefficient (Wildman–Crippen LogP) is 4.69. The Balaban J connectivity index is 2.00. The van der Waals surface area contributed by atoms with Crippen molar-refractivity contribution in [2.75, 3.05) is 19.1 Å². The fraction of sp³-hybridized carbons (Fsp3) is 0.160. The van der Waals surface area contributed by atoms with Gasteiger partial charge in [0.2, 0.25) is 0 Å². The number of nitrogens with zero attached hydrogens (tertiary/aromatic N) is 2. The zero-order valence-electron chi connectivity index (χ0n) is 18.2. The number of Topliss-reactive ketones (excluding diaryl/α,β-unsaturated/α-hetero) is 1. The molecule has 1 amide bonds. The fourth-order valence-electron chi connectivity index (χ4n) is 3.98. The Morgan fingerprint density at radius 2 is 1.79 bits per heavy atom. The standard InChI is InChI=1S/C25H21ClN2O5/c1-14-11-18(24(33-3)19(26)12-14)22(29)20-21(15-7-9-27-10-8-15)28(25(31)23(20)30)16-5-4-6-17(13-16)32-2/h4-13,21,29H,1-3H3/b22-20+. The molecule has 2 heterocycles. The number of aryl methyl sites for hydroxylation is 1. The van der Waals surface area contributed by atoms with Gasteiger partial charge in [0.1, 0.15) is 17.3 Å². The molecule has 1 aliphatic heterocycles. The molecule has 0 bridgehead atoms. The van der Waals surface area contributed by atoms with E-state index in [1.165, 1.54) is 19.1 Å². The average Bonchev–Trinajstić information content (AvgIpc) is 3.09. The molecule has 1 unspecified atom stereocenters. The van der Waals surface area contributed by atoms with Gasteiger partial charge in [0.05, 0.1) is 36.4 Å². The quantitative estimate of drug-likeness (QED) is 0.335. The number of rotatable bonds is 5. The van der Waals surface area contributed by atoms with Crippen LogP contribution in [0.15, 0.2) is 66.5 Å². The normalized spacial score (nSPS) is 17.3. The number of pyridine rings is 1. The summed E-state index contributed by atoms with van der Waals surface area (Å²) in [6, 6.07) is 12.6. The molecule has 33 heavy (non-hydrogen) atoms. The summed E-state index contributed by atoms with van der Waals surface area (Å²) in [4.78, 5) is 31.9. The number of hydrogen-bond acceptors (Lipinski definition) is 6. The number of ether oxygens (including phenoxy) is 2. The minimum absolute atomic E-state index is 0.0750. The molecule has 7 nitrogen and oxygen atoms in total. The van der Waals surface area contributed by atoms with Crippen LogP contribution in [0.4, 0.5) is 5.69 Å². The van der Waals surface area contributed by atoms with Gasteiger partial charge in [-0.3, -0.25) is 19.5 Å². The number of carbonyl (C=O) groups excluding carboxylic acids is 2. The van der Waals surface area contributed by atoms with Crippen molar-refractivity contribution in [1.29, 1.82) is 0 Å². The number of hydrogen-bond donors (Lipinski definition) is 1. The molecule has 1 atom stereocenters. The van der Waals surface area contributed by atoms with Crippen molar-refractivity contribution >= 4 is 34.7 Å². The molecule has 0 radical (unpaired) electrons. The molecule has 2 aromatic carbocycles. The first-order valence-electron chi connectivity index (χ1n) is 10.1. The summed E-state index contributed by atoms with van der Waals surface area (Å²) in [7, 11) is 2.93. The van der Waals surface area contributed by atoms with E-state index in [2.05, 4.69) is 4.98 Å². The lowest BCUT2D eigenvalue weighted by atomic mass is 9.95. The maximum atomic E-state index is 13.3. The summed E-state index contributed by atoms with van der Waals surface area (Å²) in [5, 5.41) is 11.6. The zero-order valence-corrected chi connectivity index (χ0v) is 19.0. The van der Waals surface area contributed by atoms with Crippen molar-refractivity contribution in [3.63, 3.8) is 0 Å². The van der Waals surface area contributed by atoms with Gasteiger partial charge in [-0.2, -0.15) is 0 Å². The summed E-state index contributed by atoms with van der Waals surface area (Å²) in [6.07, 6.45) is 3.12. The number of aromatic nitrogens is 1. The van der Waals surface area contributed by atoms with Gasteiger partial charge in [-0.05, 0) is 54.4 Å². The summed E-state index contributed by atoms with van der Waals surface area (Å²) in [6.45, 7) is 1.80. The highest BCUT2D eigenvalue weighted by Crippen LogP contribution is 2.44. The maximum absolute atomic E-state index is 13.3. The smallest absolute Gasteiger partial charge is 0.300 e. The van der Waals surface area contributed by atoms with Crippen molar-refractivity contribution in [3.05, 3.63) is 88.2 Å². The van der Waals surface area contributed by atoms with E-state index in [1.807, 2.05) is 0 Å². The molecule has 8 heteroatoms. The van der Waals surface area contributed by atoms with E-state index < -0.39 is 17.7 Å². The number of carbonyl (C=O) groups is 2. The van der Waals surface area contributed by atoms with E-state index in [0.29, 0.717) is 17.0 Å². The molecular weight excluding hydrogens is 444 g/mol. The minimum Gasteiger partial charge on any atom is -0.507 e. The Morgan fingerprint density at radius 3 is 2.45 bits per heavy atom. The van der Waals surface area contributed by atoms with Gasteiger partial charge in [-0.15, -0.1) is 0 Å². The molecule has 0 saturated carbocycles. The second kappa shape index (κ2) is 8.96. The lowest BCUT2D eigenvalue weighted by Gasteiger charge is -2.25. The predicted molar refractivity (Wildman–Crippen MR) is 125 cm³/mol. The van der Waals surface area contributed by atoms with Crippen LogP contribution in [0, 0.1) is 6.92 Å². The van der Waals surface area contributed by atoms with Crippen LogP contribution in [0.1, 0.15) is 22.7 Å². The van der Waals surface area contributed by atoms with Crippen LogP contribution in [0.3, 0.4) is 0 Å². The number of benzene rings is 2. The van der Waals surface area contributed by atoms with E-state index in [-0.39, 0.29) is 27.7 Å². The lowest BCUT2D eigenvalue weighted by Crippen LogP contribution is -2.29. The Labute approximate surface area is 195 Å². The lowest BCUT2D eigenvalue weighted by molar-refractivity contribution is -0.132. The van der Waals surface area contributed by atoms with Gasteiger partial charge in [-0.1, -0.05) is 17.7 Å². The molecule has 1 fully saturated rings. The summed E-state index contributed by atoms with van der Waals surface area (Å²) in [5.41, 5.74) is 1.96. The summed E-state index contributed by atoms with van der Waals surface area (Å²) < 4.78 is 10.7. The highest BCUT2D eigenvalue weighted by molar-refractivity contribution is 6.51. The number of methoxy groups -OCH3 is 2. The van der Waals surface area contributed by atoms with Gasteiger partial charge in [0.25, 0.3) is 11.7 Å². The fourth-order valence-corrected chi connectivity index (χ4v) is 4.33. The first-order valence-corrected chi connectivity index (χ1v) is 10.4. The molecule has 3 aromatic rings. The third kappa shape index (κ3) is 3.91.